The van der Waals surface area contributed by atoms with E-state index in [9.17, 15) is 9.90 Å². The summed E-state index contributed by atoms with van der Waals surface area (Å²) in [4.78, 5) is 14.7. The Morgan fingerprint density at radius 1 is 1.36 bits per heavy atom. The number of amides is 1. The summed E-state index contributed by atoms with van der Waals surface area (Å²) in [6, 6.07) is 12.3. The molecule has 0 saturated carbocycles. The van der Waals surface area contributed by atoms with Gasteiger partial charge < -0.3 is 15.7 Å². The molecule has 1 saturated heterocycles. The number of hydrogen-bond donors (Lipinski definition) is 4. The van der Waals surface area contributed by atoms with Crippen LogP contribution >= 0.6 is 11.3 Å². The first-order valence-corrected chi connectivity index (χ1v) is 12.0. The minimum atomic E-state index is -0.577. The molecule has 3 rings (SSSR count). The minimum absolute atomic E-state index is 0.0784. The van der Waals surface area contributed by atoms with E-state index in [0.29, 0.717) is 19.4 Å². The van der Waals surface area contributed by atoms with Gasteiger partial charge in [-0.25, -0.2) is 0 Å². The second-order valence-electron chi connectivity index (χ2n) is 8.30. The Kier molecular flexibility index (Phi) is 8.48. The van der Waals surface area contributed by atoms with Crippen LogP contribution in [0.2, 0.25) is 0 Å². The Hall–Kier alpha value is -2.89. The average molecular weight is 464 g/mol. The lowest BCUT2D eigenvalue weighted by atomic mass is 9.85. The maximum atomic E-state index is 12.5. The second kappa shape index (κ2) is 11.3. The first kappa shape index (κ1) is 24.7. The molecule has 1 amide bonds. The van der Waals surface area contributed by atoms with Gasteiger partial charge in [-0.05, 0) is 61.9 Å². The van der Waals surface area contributed by atoms with Crippen molar-refractivity contribution < 1.29 is 9.90 Å². The highest BCUT2D eigenvalue weighted by Crippen LogP contribution is 2.33. The highest BCUT2D eigenvalue weighted by molar-refractivity contribution is 7.12. The lowest BCUT2D eigenvalue weighted by Crippen LogP contribution is -2.51. The molecular weight excluding hydrogens is 430 g/mol. The van der Waals surface area contributed by atoms with Crippen LogP contribution in [0.25, 0.3) is 11.6 Å². The number of benzene rings is 1. The van der Waals surface area contributed by atoms with Gasteiger partial charge in [0.1, 0.15) is 6.23 Å². The van der Waals surface area contributed by atoms with E-state index >= 15 is 0 Å². The summed E-state index contributed by atoms with van der Waals surface area (Å²) in [5, 5.41) is 20.0. The number of allylic oxidation sites excluding steroid dienone is 2. The van der Waals surface area contributed by atoms with E-state index in [1.54, 1.807) is 11.3 Å². The van der Waals surface area contributed by atoms with Crippen LogP contribution < -0.4 is 16.0 Å². The third-order valence-electron chi connectivity index (χ3n) is 6.01. The summed E-state index contributed by atoms with van der Waals surface area (Å²) in [5.74, 6) is -0.0784. The van der Waals surface area contributed by atoms with Gasteiger partial charge in [-0.15, -0.1) is 17.1 Å². The van der Waals surface area contributed by atoms with Crippen LogP contribution in [0.1, 0.15) is 47.6 Å². The lowest BCUT2D eigenvalue weighted by Gasteiger charge is -2.34. The third kappa shape index (κ3) is 6.34. The third-order valence-corrected chi connectivity index (χ3v) is 7.09. The number of aliphatic hydroxyl groups excluding tert-OH is 1. The molecule has 0 radical (unpaired) electrons. The van der Waals surface area contributed by atoms with Crippen molar-refractivity contribution in [2.45, 2.75) is 51.4 Å². The van der Waals surface area contributed by atoms with Crippen LogP contribution in [0, 0.1) is 0 Å². The Labute approximate surface area is 200 Å². The monoisotopic (exact) mass is 463 g/mol. The van der Waals surface area contributed by atoms with Gasteiger partial charge in [0, 0.05) is 15.5 Å². The van der Waals surface area contributed by atoms with E-state index in [1.165, 1.54) is 0 Å². The van der Waals surface area contributed by atoms with E-state index in [0.717, 1.165) is 38.6 Å². The molecule has 1 aromatic carbocycles. The zero-order valence-electron chi connectivity index (χ0n) is 19.4. The number of carbonyl (C=O) groups excluding carboxylic acids is 1. The van der Waals surface area contributed by atoms with Crippen molar-refractivity contribution in [2.75, 3.05) is 6.54 Å². The van der Waals surface area contributed by atoms with Crippen molar-refractivity contribution in [3.63, 3.8) is 0 Å². The Morgan fingerprint density at radius 3 is 2.82 bits per heavy atom. The second-order valence-corrected chi connectivity index (χ2v) is 9.50. The van der Waals surface area contributed by atoms with Crippen LogP contribution in [0.4, 0.5) is 0 Å². The van der Waals surface area contributed by atoms with E-state index in [2.05, 4.69) is 47.0 Å². The summed E-state index contributed by atoms with van der Waals surface area (Å²) in [6.45, 7) is 12.1. The van der Waals surface area contributed by atoms with Gasteiger partial charge in [-0.3, -0.25) is 10.1 Å². The Morgan fingerprint density at radius 2 is 2.18 bits per heavy atom. The number of carbonyl (C=O) groups is 1. The van der Waals surface area contributed by atoms with Crippen LogP contribution in [0.5, 0.6) is 0 Å². The molecule has 2 atom stereocenters. The first-order chi connectivity index (χ1) is 15.9. The van der Waals surface area contributed by atoms with E-state index in [4.69, 9.17) is 0 Å². The van der Waals surface area contributed by atoms with Crippen molar-refractivity contribution in [1.82, 2.24) is 16.0 Å². The molecule has 0 spiro atoms. The SMILES string of the molecule is C=C=C(C)c1cccc(C[C@@]2(/C(=C/C)NCC(=O)NCc3ccc(C=C)s3)CCC(O)N2)c1. The van der Waals surface area contributed by atoms with Gasteiger partial charge in [0.15, 0.2) is 0 Å². The van der Waals surface area contributed by atoms with Gasteiger partial charge in [0.2, 0.25) is 5.91 Å². The van der Waals surface area contributed by atoms with Crippen molar-refractivity contribution >= 4 is 28.9 Å². The molecular formula is C27H33N3O2S. The van der Waals surface area contributed by atoms with E-state index < -0.39 is 11.8 Å². The molecule has 0 aliphatic carbocycles. The maximum Gasteiger partial charge on any atom is 0.239 e. The van der Waals surface area contributed by atoms with Gasteiger partial charge in [0.25, 0.3) is 0 Å². The quantitative estimate of drug-likeness (QED) is 0.395. The predicted octanol–water partition coefficient (Wildman–Crippen LogP) is 4.37. The zero-order valence-corrected chi connectivity index (χ0v) is 20.2. The van der Waals surface area contributed by atoms with Crippen LogP contribution in [-0.4, -0.2) is 29.3 Å². The average Bonchev–Trinajstić information content (AvgIpc) is 3.44. The van der Waals surface area contributed by atoms with Crippen LogP contribution in [-0.2, 0) is 17.8 Å². The lowest BCUT2D eigenvalue weighted by molar-refractivity contribution is -0.120. The van der Waals surface area contributed by atoms with E-state index in [1.807, 2.05) is 50.3 Å². The summed E-state index contributed by atoms with van der Waals surface area (Å²) < 4.78 is 0. The van der Waals surface area contributed by atoms with Crippen molar-refractivity contribution in [1.29, 1.82) is 0 Å². The number of rotatable bonds is 10. The summed E-state index contributed by atoms with van der Waals surface area (Å²) in [6.07, 6.45) is 5.33. The standard InChI is InChI=1S/C27H33N3O2S/c1-5-19(4)21-10-8-9-20(15-21)16-27(14-13-25(31)30-27)24(7-3)28-18-26(32)29-17-23-12-11-22(6-2)33-23/h6-12,15,25,28,30-31H,1-2,13-14,16-18H2,3-4H3,(H,29,32)/b24-7-/t25?,27-/m1/s1. The number of nitrogens with one attached hydrogen (secondary N) is 3. The largest absolute Gasteiger partial charge is 0.379 e. The van der Waals surface area contributed by atoms with Crippen molar-refractivity contribution in [3.05, 3.63) is 87.9 Å². The summed E-state index contributed by atoms with van der Waals surface area (Å²) in [5.41, 5.74) is 6.63. The van der Waals surface area contributed by atoms with Crippen LogP contribution in [0.15, 0.2) is 67.1 Å². The molecule has 2 heterocycles. The fourth-order valence-electron chi connectivity index (χ4n) is 4.23. The first-order valence-electron chi connectivity index (χ1n) is 11.2. The van der Waals surface area contributed by atoms with E-state index in [-0.39, 0.29) is 12.5 Å². The van der Waals surface area contributed by atoms with Crippen LogP contribution in [0.3, 0.4) is 0 Å². The number of hydrogen-bond acceptors (Lipinski definition) is 5. The molecule has 174 valence electrons. The maximum absolute atomic E-state index is 12.5. The molecule has 1 unspecified atom stereocenters. The molecule has 1 aliphatic rings. The summed E-state index contributed by atoms with van der Waals surface area (Å²) >= 11 is 1.62. The molecule has 1 aliphatic heterocycles. The van der Waals surface area contributed by atoms with Gasteiger partial charge in [0.05, 0.1) is 18.6 Å². The molecule has 5 nitrogen and oxygen atoms in total. The van der Waals surface area contributed by atoms with Gasteiger partial charge in [-0.2, -0.15) is 0 Å². The van der Waals surface area contributed by atoms with Crippen molar-refractivity contribution in [3.8, 4) is 0 Å². The molecule has 1 fully saturated rings. The molecule has 0 bridgehead atoms. The van der Waals surface area contributed by atoms with Crippen molar-refractivity contribution in [2.24, 2.45) is 0 Å². The number of thiophene rings is 1. The Balaban J connectivity index is 1.68. The molecule has 1 aromatic heterocycles. The molecule has 6 heteroatoms. The minimum Gasteiger partial charge on any atom is -0.379 e. The smallest absolute Gasteiger partial charge is 0.239 e. The predicted molar refractivity (Wildman–Crippen MR) is 137 cm³/mol. The normalized spacial score (nSPS) is 20.2. The summed E-state index contributed by atoms with van der Waals surface area (Å²) in [7, 11) is 0. The highest BCUT2D eigenvalue weighted by Gasteiger charge is 2.41. The molecule has 2 aromatic rings. The highest BCUT2D eigenvalue weighted by atomic mass is 32.1. The molecule has 33 heavy (non-hydrogen) atoms. The zero-order chi connectivity index (χ0) is 23.8. The number of aliphatic hydroxyl groups is 1. The Bertz CT molecular complexity index is 1080. The fraction of sp³-hybridized carbons (Fsp3) is 0.333. The molecule has 4 N–H and O–H groups in total. The topological polar surface area (TPSA) is 73.4 Å². The fourth-order valence-corrected chi connectivity index (χ4v) is 5.03. The van der Waals surface area contributed by atoms with Gasteiger partial charge in [-0.1, -0.05) is 49.6 Å². The van der Waals surface area contributed by atoms with Gasteiger partial charge >= 0.3 is 0 Å².